The number of aryl methyl sites for hydroxylation is 1. The highest BCUT2D eigenvalue weighted by Crippen LogP contribution is 2.16. The summed E-state index contributed by atoms with van der Waals surface area (Å²) in [6.45, 7) is 7.92. The number of likely N-dealkylation sites (tertiary alicyclic amines) is 1. The first-order valence-corrected chi connectivity index (χ1v) is 11.2. The molecule has 1 aromatic rings. The number of aliphatic imine (C=N–C) groups is 1. The van der Waals surface area contributed by atoms with E-state index in [-0.39, 0.29) is 0 Å². The summed E-state index contributed by atoms with van der Waals surface area (Å²) in [7, 11) is -1.41. The molecule has 0 aliphatic carbocycles. The Kier molecular flexibility index (Phi) is 7.46. The lowest BCUT2D eigenvalue weighted by atomic mass is 10.1. The second-order valence-electron chi connectivity index (χ2n) is 6.98. The Labute approximate surface area is 158 Å². The Balaban J connectivity index is 1.89. The van der Waals surface area contributed by atoms with Gasteiger partial charge in [0.25, 0.3) is 0 Å². The van der Waals surface area contributed by atoms with Gasteiger partial charge in [-0.15, -0.1) is 0 Å². The lowest BCUT2D eigenvalue weighted by Gasteiger charge is -2.27. The second kappa shape index (κ2) is 9.37. The summed E-state index contributed by atoms with van der Waals surface area (Å²) < 4.78 is 23.4. The van der Waals surface area contributed by atoms with Crippen LogP contribution in [0.3, 0.4) is 0 Å². The predicted octanol–water partition coefficient (Wildman–Crippen LogP) is 1.94. The van der Waals surface area contributed by atoms with Gasteiger partial charge in [-0.1, -0.05) is 19.1 Å². The van der Waals surface area contributed by atoms with Gasteiger partial charge in [-0.05, 0) is 56.5 Å². The summed E-state index contributed by atoms with van der Waals surface area (Å²) in [6, 6.07) is 5.98. The molecule has 0 spiro atoms. The fraction of sp³-hybridized carbons (Fsp3) is 0.632. The fourth-order valence-corrected chi connectivity index (χ4v) is 4.46. The molecule has 0 amide bonds. The molecule has 1 unspecified atom stereocenters. The summed E-state index contributed by atoms with van der Waals surface area (Å²) in [5.74, 6) is 0.771. The minimum absolute atomic E-state index is 0.389. The smallest absolute Gasteiger partial charge is 0.191 e. The molecule has 26 heavy (non-hydrogen) atoms. The zero-order chi connectivity index (χ0) is 19.2. The topological polar surface area (TPSA) is 73.8 Å². The van der Waals surface area contributed by atoms with Crippen molar-refractivity contribution in [2.24, 2.45) is 4.99 Å². The molecule has 6 nitrogen and oxygen atoms in total. The van der Waals surface area contributed by atoms with Crippen LogP contribution in [0, 0.1) is 6.92 Å². The number of nitrogens with zero attached hydrogens (tertiary/aromatic N) is 2. The van der Waals surface area contributed by atoms with Crippen molar-refractivity contribution in [3.8, 4) is 0 Å². The maximum atomic E-state index is 11.7. The number of guanidine groups is 1. The Morgan fingerprint density at radius 3 is 2.50 bits per heavy atom. The maximum absolute atomic E-state index is 11.7. The first-order chi connectivity index (χ1) is 12.3. The molecule has 1 aliphatic heterocycles. The van der Waals surface area contributed by atoms with Gasteiger partial charge in [0.05, 0.1) is 4.90 Å². The average Bonchev–Trinajstić information content (AvgIpc) is 3.11. The third-order valence-electron chi connectivity index (χ3n) is 4.96. The van der Waals surface area contributed by atoms with Crippen LogP contribution in [-0.4, -0.2) is 58.3 Å². The molecule has 1 saturated heterocycles. The highest BCUT2D eigenvalue weighted by molar-refractivity contribution is 7.90. The number of sulfone groups is 1. The molecule has 1 aliphatic rings. The van der Waals surface area contributed by atoms with E-state index in [1.165, 1.54) is 32.2 Å². The standard InChI is InChI=1S/C19H32N4O2S/c1-5-17(23-10-6-7-11-23)14-22-19(20-3)21-13-16-8-9-18(15(2)12-16)26(4,24)25/h8-9,12,17H,5-7,10-11,13-14H2,1-4H3,(H2,20,21,22). The number of benzene rings is 1. The van der Waals surface area contributed by atoms with Gasteiger partial charge in [0.2, 0.25) is 0 Å². The third kappa shape index (κ3) is 5.71. The van der Waals surface area contributed by atoms with Crippen molar-refractivity contribution in [2.75, 3.05) is 32.9 Å². The highest BCUT2D eigenvalue weighted by Gasteiger charge is 2.20. The van der Waals surface area contributed by atoms with E-state index in [0.29, 0.717) is 17.5 Å². The number of hydrogen-bond acceptors (Lipinski definition) is 4. The normalized spacial score (nSPS) is 17.3. The quantitative estimate of drug-likeness (QED) is 0.559. The van der Waals surface area contributed by atoms with Crippen LogP contribution >= 0.6 is 0 Å². The van der Waals surface area contributed by atoms with Crippen molar-refractivity contribution in [3.05, 3.63) is 29.3 Å². The van der Waals surface area contributed by atoms with Gasteiger partial charge in [-0.3, -0.25) is 9.89 Å². The Hall–Kier alpha value is -1.60. The largest absolute Gasteiger partial charge is 0.355 e. The Morgan fingerprint density at radius 1 is 1.27 bits per heavy atom. The van der Waals surface area contributed by atoms with Crippen LogP contribution in [0.25, 0.3) is 0 Å². The number of nitrogens with one attached hydrogen (secondary N) is 2. The summed E-state index contributed by atoms with van der Waals surface area (Å²) in [5, 5.41) is 6.73. The van der Waals surface area contributed by atoms with Gasteiger partial charge < -0.3 is 10.6 Å². The van der Waals surface area contributed by atoms with Gasteiger partial charge >= 0.3 is 0 Å². The minimum atomic E-state index is -3.18. The van der Waals surface area contributed by atoms with Crippen LogP contribution in [0.2, 0.25) is 0 Å². The molecular formula is C19H32N4O2S. The molecule has 0 bridgehead atoms. The first kappa shape index (κ1) is 20.7. The molecule has 146 valence electrons. The van der Waals surface area contributed by atoms with Crippen LogP contribution in [0.15, 0.2) is 28.1 Å². The molecule has 1 aromatic carbocycles. The van der Waals surface area contributed by atoms with Gasteiger partial charge in [0.1, 0.15) is 0 Å². The molecule has 1 fully saturated rings. The first-order valence-electron chi connectivity index (χ1n) is 9.33. The van der Waals surface area contributed by atoms with E-state index in [4.69, 9.17) is 0 Å². The molecule has 1 heterocycles. The molecule has 7 heteroatoms. The summed E-state index contributed by atoms with van der Waals surface area (Å²) in [4.78, 5) is 7.23. The van der Waals surface area contributed by atoms with Gasteiger partial charge in [0.15, 0.2) is 15.8 Å². The summed E-state index contributed by atoms with van der Waals surface area (Å²) >= 11 is 0. The molecule has 0 aromatic heterocycles. The number of hydrogen-bond donors (Lipinski definition) is 2. The van der Waals surface area contributed by atoms with Crippen LogP contribution in [0.1, 0.15) is 37.3 Å². The lowest BCUT2D eigenvalue weighted by molar-refractivity contribution is 0.236. The maximum Gasteiger partial charge on any atom is 0.191 e. The fourth-order valence-electron chi connectivity index (χ4n) is 3.50. The minimum Gasteiger partial charge on any atom is -0.355 e. The monoisotopic (exact) mass is 380 g/mol. The molecule has 0 saturated carbocycles. The Morgan fingerprint density at radius 2 is 1.96 bits per heavy atom. The van der Waals surface area contributed by atoms with Crippen molar-refractivity contribution in [2.45, 2.75) is 50.6 Å². The van der Waals surface area contributed by atoms with Crippen molar-refractivity contribution < 1.29 is 8.42 Å². The molecule has 0 radical (unpaired) electrons. The van der Waals surface area contributed by atoms with E-state index < -0.39 is 9.84 Å². The predicted molar refractivity (Wildman–Crippen MR) is 107 cm³/mol. The molecular weight excluding hydrogens is 348 g/mol. The zero-order valence-electron chi connectivity index (χ0n) is 16.4. The van der Waals surface area contributed by atoms with Gasteiger partial charge in [0, 0.05) is 32.4 Å². The van der Waals surface area contributed by atoms with Crippen molar-refractivity contribution in [1.29, 1.82) is 0 Å². The van der Waals surface area contributed by atoms with E-state index in [1.807, 2.05) is 19.1 Å². The van der Waals surface area contributed by atoms with Crippen molar-refractivity contribution in [1.82, 2.24) is 15.5 Å². The van der Waals surface area contributed by atoms with Gasteiger partial charge in [-0.2, -0.15) is 0 Å². The van der Waals surface area contributed by atoms with E-state index in [9.17, 15) is 8.42 Å². The Bertz CT molecular complexity index is 725. The van der Waals surface area contributed by atoms with E-state index in [1.54, 1.807) is 13.1 Å². The molecule has 2 rings (SSSR count). The lowest BCUT2D eigenvalue weighted by Crippen LogP contribution is -2.46. The third-order valence-corrected chi connectivity index (χ3v) is 6.21. The van der Waals surface area contributed by atoms with Crippen LogP contribution < -0.4 is 10.6 Å². The van der Waals surface area contributed by atoms with Crippen molar-refractivity contribution >= 4 is 15.8 Å². The van der Waals surface area contributed by atoms with E-state index in [0.717, 1.165) is 30.1 Å². The zero-order valence-corrected chi connectivity index (χ0v) is 17.2. The van der Waals surface area contributed by atoms with Crippen molar-refractivity contribution in [3.63, 3.8) is 0 Å². The summed E-state index contributed by atoms with van der Waals surface area (Å²) in [5.41, 5.74) is 1.80. The molecule has 1 atom stereocenters. The van der Waals surface area contributed by atoms with Crippen LogP contribution in [0.4, 0.5) is 0 Å². The molecule has 2 N–H and O–H groups in total. The van der Waals surface area contributed by atoms with Gasteiger partial charge in [-0.25, -0.2) is 8.42 Å². The average molecular weight is 381 g/mol. The van der Waals surface area contributed by atoms with E-state index in [2.05, 4.69) is 27.4 Å². The summed E-state index contributed by atoms with van der Waals surface area (Å²) in [6.07, 6.45) is 4.96. The number of rotatable bonds is 7. The second-order valence-corrected chi connectivity index (χ2v) is 8.97. The van der Waals surface area contributed by atoms with Crippen LogP contribution in [0.5, 0.6) is 0 Å². The SMILES string of the molecule is CCC(CNC(=NC)NCc1ccc(S(C)(=O)=O)c(C)c1)N1CCCC1. The van der Waals surface area contributed by atoms with Crippen LogP contribution in [-0.2, 0) is 16.4 Å². The van der Waals surface area contributed by atoms with E-state index >= 15 is 0 Å². The highest BCUT2D eigenvalue weighted by atomic mass is 32.2.